The highest BCUT2D eigenvalue weighted by Gasteiger charge is 2.47. The molecule has 2 aromatic rings. The van der Waals surface area contributed by atoms with Crippen LogP contribution < -0.4 is 0 Å². The number of piperidine rings is 1. The van der Waals surface area contributed by atoms with Crippen LogP contribution in [0.4, 0.5) is 0 Å². The fraction of sp³-hybridized carbons (Fsp3) is 0.474. The van der Waals surface area contributed by atoms with Crippen molar-refractivity contribution in [3.63, 3.8) is 0 Å². The minimum absolute atomic E-state index is 0.00000799. The summed E-state index contributed by atoms with van der Waals surface area (Å²) in [6.07, 6.45) is 5.35. The van der Waals surface area contributed by atoms with Gasteiger partial charge in [-0.1, -0.05) is 12.1 Å². The van der Waals surface area contributed by atoms with Gasteiger partial charge in [0.1, 0.15) is 18.7 Å². The molecule has 2 fully saturated rings. The number of hydrogen-bond donors (Lipinski definition) is 1. The number of rotatable bonds is 3. The van der Waals surface area contributed by atoms with Crippen molar-refractivity contribution in [2.75, 3.05) is 26.7 Å². The number of carboxylic acids is 1. The number of likely N-dealkylation sites (tertiary alicyclic amines) is 2. The van der Waals surface area contributed by atoms with Gasteiger partial charge in [0.2, 0.25) is 0 Å². The Morgan fingerprint density at radius 1 is 1.22 bits per heavy atom. The van der Waals surface area contributed by atoms with Crippen molar-refractivity contribution in [3.05, 3.63) is 42.5 Å². The number of hydrogen-bond acceptors (Lipinski definition) is 5. The number of amides is 1. The summed E-state index contributed by atoms with van der Waals surface area (Å²) in [4.78, 5) is 32.3. The second-order valence-corrected chi connectivity index (χ2v) is 7.62. The highest BCUT2D eigenvalue weighted by atomic mass is 16.4. The van der Waals surface area contributed by atoms with Crippen LogP contribution in [0, 0.1) is 5.41 Å². The quantitative estimate of drug-likeness (QED) is 0.876. The van der Waals surface area contributed by atoms with Crippen LogP contribution in [0.25, 0.3) is 5.69 Å². The Balaban J connectivity index is 1.48. The van der Waals surface area contributed by atoms with Crippen molar-refractivity contribution in [2.24, 2.45) is 5.41 Å². The molecule has 2 aliphatic rings. The molecule has 2 aliphatic heterocycles. The molecule has 1 atom stereocenters. The molecular weight excluding hydrogens is 346 g/mol. The third kappa shape index (κ3) is 3.21. The van der Waals surface area contributed by atoms with Crippen LogP contribution in [0.15, 0.2) is 36.9 Å². The Kier molecular flexibility index (Phi) is 4.43. The maximum atomic E-state index is 13.1. The summed E-state index contributed by atoms with van der Waals surface area (Å²) in [6.45, 7) is 2.07. The summed E-state index contributed by atoms with van der Waals surface area (Å²) in [5.74, 6) is -0.772. The highest BCUT2D eigenvalue weighted by molar-refractivity contribution is 5.97. The monoisotopic (exact) mass is 369 g/mol. The first-order valence-electron chi connectivity index (χ1n) is 9.15. The van der Waals surface area contributed by atoms with E-state index in [1.165, 1.54) is 6.33 Å². The lowest BCUT2D eigenvalue weighted by molar-refractivity contribution is -0.141. The van der Waals surface area contributed by atoms with Crippen LogP contribution in [-0.2, 0) is 4.79 Å². The van der Waals surface area contributed by atoms with Gasteiger partial charge in [-0.05, 0) is 43.9 Å². The first kappa shape index (κ1) is 17.7. The van der Waals surface area contributed by atoms with Crippen molar-refractivity contribution < 1.29 is 14.7 Å². The number of benzene rings is 1. The summed E-state index contributed by atoms with van der Waals surface area (Å²) in [5.41, 5.74) is 1.32. The number of carbonyl (C=O) groups is 2. The number of likely N-dealkylation sites (N-methyl/N-ethyl adjacent to an activating group) is 1. The van der Waals surface area contributed by atoms with Crippen LogP contribution in [0.5, 0.6) is 0 Å². The van der Waals surface area contributed by atoms with Gasteiger partial charge in [-0.2, -0.15) is 5.10 Å². The molecule has 1 amide bonds. The fourth-order valence-electron chi connectivity index (χ4n) is 4.45. The molecule has 1 aromatic heterocycles. The van der Waals surface area contributed by atoms with Crippen LogP contribution in [0.3, 0.4) is 0 Å². The van der Waals surface area contributed by atoms with Gasteiger partial charge in [-0.15, -0.1) is 0 Å². The predicted octanol–water partition coefficient (Wildman–Crippen LogP) is 1.28. The second kappa shape index (κ2) is 6.77. The number of carboxylic acid groups (broad SMARTS) is 1. The van der Waals surface area contributed by atoms with Crippen molar-refractivity contribution >= 4 is 11.9 Å². The maximum Gasteiger partial charge on any atom is 0.320 e. The molecule has 27 heavy (non-hydrogen) atoms. The number of para-hydroxylation sites is 1. The zero-order valence-electron chi connectivity index (χ0n) is 15.3. The normalized spacial score (nSPS) is 22.3. The average molecular weight is 369 g/mol. The van der Waals surface area contributed by atoms with E-state index >= 15 is 0 Å². The summed E-state index contributed by atoms with van der Waals surface area (Å²) < 4.78 is 1.60. The number of carbonyl (C=O) groups excluding carboxylic acids is 1. The van der Waals surface area contributed by atoms with Crippen molar-refractivity contribution in [1.29, 1.82) is 0 Å². The molecule has 0 unspecified atom stereocenters. The first-order chi connectivity index (χ1) is 13.0. The smallest absolute Gasteiger partial charge is 0.320 e. The third-order valence-corrected chi connectivity index (χ3v) is 5.94. The Labute approximate surface area is 157 Å². The summed E-state index contributed by atoms with van der Waals surface area (Å²) in [5, 5.41) is 13.5. The molecule has 1 aromatic carbocycles. The maximum absolute atomic E-state index is 13.1. The Hall–Kier alpha value is -2.74. The molecule has 8 heteroatoms. The fourth-order valence-corrected chi connectivity index (χ4v) is 4.45. The largest absolute Gasteiger partial charge is 0.480 e. The van der Waals surface area contributed by atoms with Crippen molar-refractivity contribution in [2.45, 2.75) is 25.3 Å². The molecule has 0 aliphatic carbocycles. The van der Waals surface area contributed by atoms with Gasteiger partial charge in [0.15, 0.2) is 0 Å². The Bertz CT molecular complexity index is 843. The molecule has 2 saturated heterocycles. The first-order valence-corrected chi connectivity index (χ1v) is 9.15. The van der Waals surface area contributed by atoms with Crippen LogP contribution in [0.1, 0.15) is 29.6 Å². The van der Waals surface area contributed by atoms with E-state index in [9.17, 15) is 14.7 Å². The van der Waals surface area contributed by atoms with Gasteiger partial charge in [0, 0.05) is 19.6 Å². The number of nitrogens with zero attached hydrogens (tertiary/aromatic N) is 5. The Morgan fingerprint density at radius 3 is 2.59 bits per heavy atom. The van der Waals surface area contributed by atoms with Gasteiger partial charge in [-0.25, -0.2) is 9.67 Å². The molecule has 0 radical (unpaired) electrons. The highest BCUT2D eigenvalue weighted by Crippen LogP contribution is 2.43. The van der Waals surface area contributed by atoms with Gasteiger partial charge in [0.05, 0.1) is 11.3 Å². The van der Waals surface area contributed by atoms with Gasteiger partial charge < -0.3 is 10.0 Å². The zero-order valence-corrected chi connectivity index (χ0v) is 15.3. The van der Waals surface area contributed by atoms with Crippen LogP contribution in [-0.4, -0.2) is 74.3 Å². The van der Waals surface area contributed by atoms with E-state index in [1.807, 2.05) is 41.1 Å². The average Bonchev–Trinajstić information content (AvgIpc) is 3.30. The van der Waals surface area contributed by atoms with E-state index in [2.05, 4.69) is 10.1 Å². The van der Waals surface area contributed by atoms with E-state index in [0.29, 0.717) is 30.8 Å². The van der Waals surface area contributed by atoms with Gasteiger partial charge >= 0.3 is 5.97 Å². The second-order valence-electron chi connectivity index (χ2n) is 7.62. The lowest BCUT2D eigenvalue weighted by atomic mass is 9.76. The minimum Gasteiger partial charge on any atom is -0.480 e. The lowest BCUT2D eigenvalue weighted by Gasteiger charge is -2.39. The summed E-state index contributed by atoms with van der Waals surface area (Å²) in [7, 11) is 1.87. The predicted molar refractivity (Wildman–Crippen MR) is 97.6 cm³/mol. The molecule has 142 valence electrons. The van der Waals surface area contributed by atoms with Gasteiger partial charge in [-0.3, -0.25) is 14.5 Å². The van der Waals surface area contributed by atoms with E-state index < -0.39 is 12.0 Å². The van der Waals surface area contributed by atoms with E-state index in [4.69, 9.17) is 0 Å². The lowest BCUT2D eigenvalue weighted by Crippen LogP contribution is -2.44. The van der Waals surface area contributed by atoms with E-state index in [0.717, 1.165) is 19.4 Å². The number of aromatic nitrogens is 3. The molecule has 0 bridgehead atoms. The summed E-state index contributed by atoms with van der Waals surface area (Å²) >= 11 is 0. The SMILES string of the molecule is CN1CC2(CCN(C(=O)c3ccccc3-n3cncn3)CC2)C[C@@H]1C(=O)O. The van der Waals surface area contributed by atoms with E-state index in [1.54, 1.807) is 11.0 Å². The third-order valence-electron chi connectivity index (χ3n) is 5.94. The zero-order chi connectivity index (χ0) is 19.0. The molecule has 4 rings (SSSR count). The van der Waals surface area contributed by atoms with Crippen molar-refractivity contribution in [1.82, 2.24) is 24.6 Å². The summed E-state index contributed by atoms with van der Waals surface area (Å²) in [6, 6.07) is 6.98. The molecule has 1 spiro atoms. The van der Waals surface area contributed by atoms with Gasteiger partial charge in [0.25, 0.3) is 5.91 Å². The molecule has 0 saturated carbocycles. The molecule has 3 heterocycles. The molecule has 1 N–H and O–H groups in total. The molecular formula is C19H23N5O3. The molecule has 8 nitrogen and oxygen atoms in total. The van der Waals surface area contributed by atoms with Crippen LogP contribution >= 0.6 is 0 Å². The van der Waals surface area contributed by atoms with Crippen molar-refractivity contribution in [3.8, 4) is 5.69 Å². The minimum atomic E-state index is -0.755. The van der Waals surface area contributed by atoms with E-state index in [-0.39, 0.29) is 11.3 Å². The topological polar surface area (TPSA) is 91.6 Å². The standard InChI is InChI=1S/C19H23N5O3/c1-22-11-19(10-16(22)18(26)27)6-8-23(9-7-19)17(25)14-4-2-3-5-15(14)24-13-20-12-21-24/h2-5,12-13,16H,6-11H2,1H3,(H,26,27)/t16-/m1/s1. The Morgan fingerprint density at radius 2 is 1.96 bits per heavy atom. The number of aliphatic carboxylic acids is 1. The van der Waals surface area contributed by atoms with Crippen LogP contribution in [0.2, 0.25) is 0 Å².